The van der Waals surface area contributed by atoms with E-state index in [0.717, 1.165) is 41.9 Å². The Morgan fingerprint density at radius 3 is 2.44 bits per heavy atom. The molecule has 2 atom stereocenters. The van der Waals surface area contributed by atoms with Crippen LogP contribution in [0.4, 0.5) is 5.69 Å². The molecular formula is C27H35N5OS. The fourth-order valence-electron chi connectivity index (χ4n) is 4.51. The minimum absolute atomic E-state index is 0.0333. The van der Waals surface area contributed by atoms with Crippen molar-refractivity contribution in [1.82, 2.24) is 19.7 Å². The maximum atomic E-state index is 12.9. The summed E-state index contributed by atoms with van der Waals surface area (Å²) in [6.45, 7) is 8.74. The maximum Gasteiger partial charge on any atom is 0.234 e. The van der Waals surface area contributed by atoms with Crippen LogP contribution in [0.15, 0.2) is 59.8 Å². The van der Waals surface area contributed by atoms with Gasteiger partial charge in [-0.2, -0.15) is 0 Å². The van der Waals surface area contributed by atoms with Crippen LogP contribution in [-0.4, -0.2) is 44.4 Å². The third kappa shape index (κ3) is 5.70. The Hall–Kier alpha value is -2.64. The number of hydrogen-bond acceptors (Lipinski definition) is 5. The molecule has 0 saturated carbocycles. The molecule has 0 aliphatic carbocycles. The van der Waals surface area contributed by atoms with E-state index >= 15 is 0 Å². The summed E-state index contributed by atoms with van der Waals surface area (Å²) < 4.78 is 2.12. The molecule has 1 saturated heterocycles. The first-order valence-electron chi connectivity index (χ1n) is 12.3. The number of rotatable bonds is 9. The van der Waals surface area contributed by atoms with Crippen LogP contribution in [-0.2, 0) is 4.79 Å². The molecule has 0 radical (unpaired) electrons. The van der Waals surface area contributed by atoms with E-state index in [1.165, 1.54) is 36.6 Å². The van der Waals surface area contributed by atoms with Crippen LogP contribution in [0.1, 0.15) is 69.8 Å². The first kappa shape index (κ1) is 24.5. The Labute approximate surface area is 207 Å². The predicted octanol–water partition coefficient (Wildman–Crippen LogP) is 6.06. The van der Waals surface area contributed by atoms with E-state index in [-0.39, 0.29) is 17.7 Å². The van der Waals surface area contributed by atoms with Crippen LogP contribution in [0.2, 0.25) is 0 Å². The number of para-hydroxylation sites is 2. The molecule has 4 rings (SSSR count). The second-order valence-corrected chi connectivity index (χ2v) is 9.96. The molecule has 180 valence electrons. The molecule has 0 bridgehead atoms. The van der Waals surface area contributed by atoms with E-state index < -0.39 is 0 Å². The quantitative estimate of drug-likeness (QED) is 0.380. The number of nitrogens with zero attached hydrogens (tertiary/aromatic N) is 4. The van der Waals surface area contributed by atoms with E-state index in [1.807, 2.05) is 36.4 Å². The van der Waals surface area contributed by atoms with Crippen molar-refractivity contribution in [2.75, 3.05) is 24.2 Å². The molecule has 1 N–H and O–H groups in total. The molecule has 2 heterocycles. The Bertz CT molecular complexity index is 1080. The number of carbonyl (C=O) groups excluding carboxylic acids is 1. The van der Waals surface area contributed by atoms with Crippen LogP contribution in [0.25, 0.3) is 5.69 Å². The van der Waals surface area contributed by atoms with Crippen molar-refractivity contribution in [2.24, 2.45) is 0 Å². The Kier molecular flexibility index (Phi) is 8.40. The second kappa shape index (κ2) is 11.7. The molecule has 1 fully saturated rings. The first-order valence-corrected chi connectivity index (χ1v) is 13.3. The van der Waals surface area contributed by atoms with Gasteiger partial charge in [-0.25, -0.2) is 0 Å². The predicted molar refractivity (Wildman–Crippen MR) is 140 cm³/mol. The third-order valence-electron chi connectivity index (χ3n) is 6.70. The topological polar surface area (TPSA) is 63.1 Å². The molecule has 1 aromatic heterocycles. The Morgan fingerprint density at radius 2 is 1.71 bits per heavy atom. The third-order valence-corrected chi connectivity index (χ3v) is 7.62. The SMILES string of the molecule is CCC(C)c1ccccc1NC(=O)CSc1nnc(C(C)N2CCCCC2)n1-c1ccccc1. The van der Waals surface area contributed by atoms with Crippen molar-refractivity contribution >= 4 is 23.4 Å². The van der Waals surface area contributed by atoms with Crippen molar-refractivity contribution < 1.29 is 4.79 Å². The summed E-state index contributed by atoms with van der Waals surface area (Å²) in [4.78, 5) is 15.4. The Balaban J connectivity index is 1.52. The fourth-order valence-corrected chi connectivity index (χ4v) is 5.27. The number of piperidine rings is 1. The lowest BCUT2D eigenvalue weighted by atomic mass is 9.97. The van der Waals surface area contributed by atoms with Crippen molar-refractivity contribution in [3.63, 3.8) is 0 Å². The first-order chi connectivity index (χ1) is 16.6. The van der Waals surface area contributed by atoms with Crippen molar-refractivity contribution in [3.8, 4) is 5.69 Å². The van der Waals surface area contributed by atoms with E-state index in [4.69, 9.17) is 0 Å². The van der Waals surface area contributed by atoms with Crippen molar-refractivity contribution in [1.29, 1.82) is 0 Å². The highest BCUT2D eigenvalue weighted by molar-refractivity contribution is 7.99. The minimum atomic E-state index is -0.0333. The molecule has 6 nitrogen and oxygen atoms in total. The number of carbonyl (C=O) groups is 1. The van der Waals surface area contributed by atoms with Gasteiger partial charge in [0, 0.05) is 11.4 Å². The van der Waals surface area contributed by atoms with Gasteiger partial charge in [-0.05, 0) is 69.0 Å². The summed E-state index contributed by atoms with van der Waals surface area (Å²) in [5, 5.41) is 13.0. The summed E-state index contributed by atoms with van der Waals surface area (Å²) in [7, 11) is 0. The summed E-state index contributed by atoms with van der Waals surface area (Å²) in [5.41, 5.74) is 3.09. The summed E-state index contributed by atoms with van der Waals surface area (Å²) >= 11 is 1.43. The number of anilines is 1. The average Bonchev–Trinajstić information content (AvgIpc) is 3.32. The number of amides is 1. The number of thioether (sulfide) groups is 1. The van der Waals surface area contributed by atoms with Gasteiger partial charge in [-0.1, -0.05) is 68.4 Å². The van der Waals surface area contributed by atoms with Gasteiger partial charge in [-0.15, -0.1) is 10.2 Å². The largest absolute Gasteiger partial charge is 0.325 e. The summed E-state index contributed by atoms with van der Waals surface area (Å²) in [6.07, 6.45) is 4.78. The average molecular weight is 478 g/mol. The number of hydrogen-bond donors (Lipinski definition) is 1. The lowest BCUT2D eigenvalue weighted by Crippen LogP contribution is -2.33. The number of nitrogens with one attached hydrogen (secondary N) is 1. The zero-order valence-electron chi connectivity index (χ0n) is 20.4. The van der Waals surface area contributed by atoms with Crippen LogP contribution in [0, 0.1) is 0 Å². The van der Waals surface area contributed by atoms with Gasteiger partial charge >= 0.3 is 0 Å². The van der Waals surface area contributed by atoms with E-state index in [9.17, 15) is 4.79 Å². The molecule has 1 amide bonds. The van der Waals surface area contributed by atoms with Crippen molar-refractivity contribution in [2.45, 2.75) is 63.6 Å². The lowest BCUT2D eigenvalue weighted by molar-refractivity contribution is -0.113. The normalized spacial score (nSPS) is 16.2. The smallest absolute Gasteiger partial charge is 0.234 e. The molecule has 1 aliphatic rings. The van der Waals surface area contributed by atoms with Crippen LogP contribution in [0.3, 0.4) is 0 Å². The van der Waals surface area contributed by atoms with Gasteiger partial charge in [0.1, 0.15) is 0 Å². The van der Waals surface area contributed by atoms with Gasteiger partial charge in [0.15, 0.2) is 11.0 Å². The molecule has 1 aliphatic heterocycles. The zero-order chi connectivity index (χ0) is 23.9. The van der Waals surface area contributed by atoms with Gasteiger partial charge in [0.05, 0.1) is 11.8 Å². The van der Waals surface area contributed by atoms with Gasteiger partial charge < -0.3 is 5.32 Å². The highest BCUT2D eigenvalue weighted by atomic mass is 32.2. The molecule has 2 aromatic carbocycles. The molecule has 2 unspecified atom stereocenters. The number of likely N-dealkylation sites (tertiary alicyclic amines) is 1. The summed E-state index contributed by atoms with van der Waals surface area (Å²) in [6, 6.07) is 18.4. The van der Waals surface area contributed by atoms with Gasteiger partial charge in [0.2, 0.25) is 5.91 Å². The fraction of sp³-hybridized carbons (Fsp3) is 0.444. The van der Waals surface area contributed by atoms with E-state index in [2.05, 4.69) is 64.0 Å². The highest BCUT2D eigenvalue weighted by Gasteiger charge is 2.25. The van der Waals surface area contributed by atoms with Gasteiger partial charge in [-0.3, -0.25) is 14.3 Å². The minimum Gasteiger partial charge on any atom is -0.325 e. The van der Waals surface area contributed by atoms with Crippen LogP contribution >= 0.6 is 11.8 Å². The molecule has 0 spiro atoms. The Morgan fingerprint density at radius 1 is 1.00 bits per heavy atom. The maximum absolute atomic E-state index is 12.9. The number of benzene rings is 2. The highest BCUT2D eigenvalue weighted by Crippen LogP contribution is 2.30. The van der Waals surface area contributed by atoms with E-state index in [0.29, 0.717) is 5.92 Å². The van der Waals surface area contributed by atoms with E-state index in [1.54, 1.807) is 0 Å². The van der Waals surface area contributed by atoms with Gasteiger partial charge in [0.25, 0.3) is 0 Å². The number of aromatic nitrogens is 3. The monoisotopic (exact) mass is 477 g/mol. The second-order valence-electron chi connectivity index (χ2n) is 9.02. The molecule has 7 heteroatoms. The standard InChI is InChI=1S/C27H35N5OS/c1-4-20(2)23-15-9-10-16-24(23)28-25(33)19-34-27-30-29-26(21(3)31-17-11-6-12-18-31)32(27)22-13-7-5-8-14-22/h5,7-10,13-16,20-21H,4,6,11-12,17-19H2,1-3H3,(H,28,33). The van der Waals surface area contributed by atoms with Crippen molar-refractivity contribution in [3.05, 3.63) is 66.0 Å². The van der Waals surface area contributed by atoms with Crippen LogP contribution < -0.4 is 5.32 Å². The molecule has 34 heavy (non-hydrogen) atoms. The summed E-state index contributed by atoms with van der Waals surface area (Å²) in [5.74, 6) is 1.56. The van der Waals surface area contributed by atoms with Crippen LogP contribution in [0.5, 0.6) is 0 Å². The molecular weight excluding hydrogens is 442 g/mol. The lowest BCUT2D eigenvalue weighted by Gasteiger charge is -2.31. The zero-order valence-corrected chi connectivity index (χ0v) is 21.2. The molecule has 3 aromatic rings.